The van der Waals surface area contributed by atoms with E-state index in [1.54, 1.807) is 29.3 Å². The van der Waals surface area contributed by atoms with Crippen LogP contribution in [-0.4, -0.2) is 49.1 Å². The molecule has 4 N–H and O–H groups in total. The summed E-state index contributed by atoms with van der Waals surface area (Å²) in [6.45, 7) is 2.42. The molecular formula is C21H18F4N6O3. The summed E-state index contributed by atoms with van der Waals surface area (Å²) in [5, 5.41) is 27.5. The van der Waals surface area contributed by atoms with E-state index in [0.29, 0.717) is 12.2 Å². The molecule has 0 radical (unpaired) electrons. The first-order valence-corrected chi connectivity index (χ1v) is 9.68. The van der Waals surface area contributed by atoms with Gasteiger partial charge in [-0.05, 0) is 31.2 Å². The number of aromatic hydroxyl groups is 1. The summed E-state index contributed by atoms with van der Waals surface area (Å²) in [5.74, 6) is -2.78. The molecule has 0 fully saturated rings. The van der Waals surface area contributed by atoms with E-state index < -0.39 is 18.0 Å². The van der Waals surface area contributed by atoms with Crippen molar-refractivity contribution in [2.75, 3.05) is 16.8 Å². The topological polar surface area (TPSA) is 127 Å². The highest BCUT2D eigenvalue weighted by molar-refractivity contribution is 5.93. The number of rotatable bonds is 5. The minimum atomic E-state index is -5.08. The Kier molecular flexibility index (Phi) is 7.14. The highest BCUT2D eigenvalue weighted by atomic mass is 19.4. The number of aromatic amines is 1. The molecule has 13 heteroatoms. The van der Waals surface area contributed by atoms with Gasteiger partial charge >= 0.3 is 12.1 Å². The molecule has 0 bridgehead atoms. The molecule has 0 aliphatic heterocycles. The van der Waals surface area contributed by atoms with E-state index in [1.807, 2.05) is 25.1 Å². The zero-order valence-electron chi connectivity index (χ0n) is 17.5. The number of benzene rings is 2. The monoisotopic (exact) mass is 478 g/mol. The molecule has 2 aromatic heterocycles. The van der Waals surface area contributed by atoms with Gasteiger partial charge in [0.1, 0.15) is 5.75 Å². The second kappa shape index (κ2) is 10.0. The number of nitrogens with one attached hydrogen (secondary N) is 2. The Morgan fingerprint density at radius 3 is 2.53 bits per heavy atom. The molecule has 0 atom stereocenters. The number of phenolic OH excluding ortho intramolecular Hbond substituents is 1. The van der Waals surface area contributed by atoms with Gasteiger partial charge in [-0.3, -0.25) is 5.10 Å². The molecule has 34 heavy (non-hydrogen) atoms. The van der Waals surface area contributed by atoms with E-state index in [-0.39, 0.29) is 17.5 Å². The van der Waals surface area contributed by atoms with Crippen LogP contribution in [0, 0.1) is 5.82 Å². The number of carboxylic acid groups (broad SMARTS) is 1. The average molecular weight is 478 g/mol. The Balaban J connectivity index is 0.000000406. The summed E-state index contributed by atoms with van der Waals surface area (Å²) in [5.41, 5.74) is 2.26. The van der Waals surface area contributed by atoms with Crippen molar-refractivity contribution in [3.05, 3.63) is 60.7 Å². The van der Waals surface area contributed by atoms with E-state index >= 15 is 0 Å². The molecular weight excluding hydrogens is 460 g/mol. The van der Waals surface area contributed by atoms with Crippen LogP contribution in [0.5, 0.6) is 5.75 Å². The van der Waals surface area contributed by atoms with Gasteiger partial charge in [-0.1, -0.05) is 12.1 Å². The minimum Gasteiger partial charge on any atom is -0.508 e. The number of carbonyl (C=O) groups is 1. The zero-order valence-corrected chi connectivity index (χ0v) is 17.5. The van der Waals surface area contributed by atoms with Crippen LogP contribution in [0.25, 0.3) is 10.9 Å². The summed E-state index contributed by atoms with van der Waals surface area (Å²) in [7, 11) is 0. The molecule has 0 spiro atoms. The number of fused-ring (bicyclic) bond motifs is 1. The lowest BCUT2D eigenvalue weighted by Gasteiger charge is -2.23. The third-order valence-electron chi connectivity index (χ3n) is 4.39. The summed E-state index contributed by atoms with van der Waals surface area (Å²) < 4.78 is 46.3. The minimum absolute atomic E-state index is 0.115. The second-order valence-electron chi connectivity index (χ2n) is 6.70. The molecule has 0 saturated heterocycles. The van der Waals surface area contributed by atoms with Crippen molar-refractivity contribution in [2.24, 2.45) is 0 Å². The van der Waals surface area contributed by atoms with Crippen LogP contribution in [0.3, 0.4) is 0 Å². The number of hydrogen-bond acceptors (Lipinski definition) is 7. The number of aromatic nitrogens is 4. The lowest BCUT2D eigenvalue weighted by molar-refractivity contribution is -0.192. The number of phenols is 1. The molecule has 9 nitrogen and oxygen atoms in total. The first kappa shape index (κ1) is 24.2. The highest BCUT2D eigenvalue weighted by Crippen LogP contribution is 2.32. The van der Waals surface area contributed by atoms with Gasteiger partial charge in [-0.25, -0.2) is 14.2 Å². The van der Waals surface area contributed by atoms with Crippen molar-refractivity contribution in [1.82, 2.24) is 20.2 Å². The smallest absolute Gasteiger partial charge is 0.490 e. The fourth-order valence-corrected chi connectivity index (χ4v) is 2.94. The average Bonchev–Trinajstić information content (AvgIpc) is 3.26. The first-order chi connectivity index (χ1) is 16.1. The standard InChI is InChI=1S/C19H17FN6O.C2HF3O2/c1-2-26(17-8-4-7-16-14(17)10-22-25-16)18-15(20)11-21-19(24-18)23-12-5-3-6-13(27)9-12;3-2(4,5)1(6)7/h3-11,27H,2H2,1H3,(H,22,25)(H,21,23,24);(H,6,7). The van der Waals surface area contributed by atoms with Crippen LogP contribution in [0.2, 0.25) is 0 Å². The maximum Gasteiger partial charge on any atom is 0.490 e. The van der Waals surface area contributed by atoms with Crippen LogP contribution in [0.1, 0.15) is 6.92 Å². The van der Waals surface area contributed by atoms with Gasteiger partial charge in [0.2, 0.25) is 5.95 Å². The summed E-state index contributed by atoms with van der Waals surface area (Å²) in [4.78, 5) is 19.0. The van der Waals surface area contributed by atoms with E-state index in [4.69, 9.17) is 9.90 Å². The quantitative estimate of drug-likeness (QED) is 0.303. The van der Waals surface area contributed by atoms with Crippen molar-refractivity contribution < 1.29 is 32.6 Å². The fourth-order valence-electron chi connectivity index (χ4n) is 2.94. The van der Waals surface area contributed by atoms with Gasteiger partial charge in [-0.2, -0.15) is 23.3 Å². The normalized spacial score (nSPS) is 11.0. The number of anilines is 4. The van der Waals surface area contributed by atoms with Crippen molar-refractivity contribution in [3.63, 3.8) is 0 Å². The SMILES string of the molecule is CCN(c1nc(Nc2cccc(O)c2)ncc1F)c1cccc2[nH]ncc12.O=C(O)C(F)(F)F. The number of hydrogen-bond donors (Lipinski definition) is 4. The summed E-state index contributed by atoms with van der Waals surface area (Å²) in [6.07, 6.45) is -2.25. The Bertz CT molecular complexity index is 1290. The number of aliphatic carboxylic acids is 1. The molecule has 0 amide bonds. The van der Waals surface area contributed by atoms with E-state index in [0.717, 1.165) is 22.8 Å². The number of halogens is 4. The van der Waals surface area contributed by atoms with Gasteiger partial charge in [0, 0.05) is 23.7 Å². The van der Waals surface area contributed by atoms with E-state index in [9.17, 15) is 22.7 Å². The summed E-state index contributed by atoms with van der Waals surface area (Å²) >= 11 is 0. The molecule has 2 aromatic carbocycles. The predicted octanol–water partition coefficient (Wildman–Crippen LogP) is 4.73. The van der Waals surface area contributed by atoms with Crippen molar-refractivity contribution in [2.45, 2.75) is 13.1 Å². The highest BCUT2D eigenvalue weighted by Gasteiger charge is 2.38. The lowest BCUT2D eigenvalue weighted by atomic mass is 10.2. The molecule has 2 heterocycles. The van der Waals surface area contributed by atoms with Crippen LogP contribution in [0.4, 0.5) is 40.7 Å². The Labute approximate surface area is 189 Å². The predicted molar refractivity (Wildman–Crippen MR) is 116 cm³/mol. The van der Waals surface area contributed by atoms with E-state index in [1.165, 1.54) is 6.07 Å². The number of nitrogens with zero attached hydrogens (tertiary/aromatic N) is 4. The van der Waals surface area contributed by atoms with Gasteiger partial charge < -0.3 is 20.4 Å². The van der Waals surface area contributed by atoms with Crippen molar-refractivity contribution >= 4 is 40.0 Å². The molecule has 0 aliphatic carbocycles. The molecule has 0 aliphatic rings. The Morgan fingerprint density at radius 2 is 1.88 bits per heavy atom. The van der Waals surface area contributed by atoms with E-state index in [2.05, 4.69) is 25.5 Å². The molecule has 178 valence electrons. The third-order valence-corrected chi connectivity index (χ3v) is 4.39. The van der Waals surface area contributed by atoms with Crippen LogP contribution >= 0.6 is 0 Å². The third kappa shape index (κ3) is 5.68. The molecule has 4 rings (SSSR count). The Hall–Kier alpha value is -4.42. The van der Waals surface area contributed by atoms with Gasteiger partial charge in [0.25, 0.3) is 0 Å². The molecule has 0 saturated carbocycles. The maximum atomic E-state index is 14.6. The molecule has 0 unspecified atom stereocenters. The Morgan fingerprint density at radius 1 is 1.18 bits per heavy atom. The number of carboxylic acids is 1. The van der Waals surface area contributed by atoms with Gasteiger partial charge in [-0.15, -0.1) is 0 Å². The van der Waals surface area contributed by atoms with Crippen LogP contribution < -0.4 is 10.2 Å². The zero-order chi connectivity index (χ0) is 24.9. The van der Waals surface area contributed by atoms with Gasteiger partial charge in [0.15, 0.2) is 11.6 Å². The van der Waals surface area contributed by atoms with Crippen molar-refractivity contribution in [1.29, 1.82) is 0 Å². The fraction of sp³-hybridized carbons (Fsp3) is 0.143. The first-order valence-electron chi connectivity index (χ1n) is 9.68. The summed E-state index contributed by atoms with van der Waals surface area (Å²) in [6, 6.07) is 12.2. The number of alkyl halides is 3. The van der Waals surface area contributed by atoms with Crippen LogP contribution in [-0.2, 0) is 4.79 Å². The lowest BCUT2D eigenvalue weighted by Crippen LogP contribution is -2.21. The number of H-pyrrole nitrogens is 1. The second-order valence-corrected chi connectivity index (χ2v) is 6.70. The van der Waals surface area contributed by atoms with Crippen molar-refractivity contribution in [3.8, 4) is 5.75 Å². The van der Waals surface area contributed by atoms with Crippen LogP contribution in [0.15, 0.2) is 54.9 Å². The van der Waals surface area contributed by atoms with Gasteiger partial charge in [0.05, 0.1) is 23.6 Å². The maximum absolute atomic E-state index is 14.6. The molecule has 4 aromatic rings. The largest absolute Gasteiger partial charge is 0.508 e.